The summed E-state index contributed by atoms with van der Waals surface area (Å²) in [5.41, 5.74) is 7.65. The Morgan fingerprint density at radius 2 is 1.83 bits per heavy atom. The molecule has 1 saturated carbocycles. The summed E-state index contributed by atoms with van der Waals surface area (Å²) in [4.78, 5) is 6.63. The SMILES string of the molecule is CCS(=O)(=O)N(C)c1cc(-c2nnc(C(N)Cc3ccc(F)cc3)o2)cc(N(C)CC2CC2C)n1. The lowest BCUT2D eigenvalue weighted by atomic mass is 10.1. The molecule has 3 aromatic rings. The predicted octanol–water partition coefficient (Wildman–Crippen LogP) is 3.39. The first-order valence-electron chi connectivity index (χ1n) is 11.6. The fraction of sp³-hybridized carbons (Fsp3) is 0.458. The van der Waals surface area contributed by atoms with Gasteiger partial charge in [-0.25, -0.2) is 17.8 Å². The van der Waals surface area contributed by atoms with Gasteiger partial charge in [0.05, 0.1) is 11.8 Å². The van der Waals surface area contributed by atoms with Crippen LogP contribution in [-0.4, -0.2) is 50.0 Å². The van der Waals surface area contributed by atoms with Crippen molar-refractivity contribution in [2.45, 2.75) is 32.7 Å². The first-order chi connectivity index (χ1) is 16.6. The Balaban J connectivity index is 1.63. The fourth-order valence-electron chi connectivity index (χ4n) is 3.88. The van der Waals surface area contributed by atoms with Crippen LogP contribution in [0.5, 0.6) is 0 Å². The van der Waals surface area contributed by atoms with Gasteiger partial charge in [0.15, 0.2) is 0 Å². The molecule has 2 aromatic heterocycles. The van der Waals surface area contributed by atoms with Gasteiger partial charge in [-0.2, -0.15) is 0 Å². The van der Waals surface area contributed by atoms with Crippen LogP contribution in [-0.2, 0) is 16.4 Å². The van der Waals surface area contributed by atoms with E-state index in [1.54, 1.807) is 25.1 Å². The molecule has 3 atom stereocenters. The molecule has 2 heterocycles. The van der Waals surface area contributed by atoms with Crippen LogP contribution in [0.3, 0.4) is 0 Å². The van der Waals surface area contributed by atoms with Crippen LogP contribution in [0.1, 0.15) is 37.8 Å². The molecular formula is C24H31FN6O3S. The van der Waals surface area contributed by atoms with E-state index in [4.69, 9.17) is 10.2 Å². The second-order valence-electron chi connectivity index (χ2n) is 9.18. The van der Waals surface area contributed by atoms with Gasteiger partial charge in [0.25, 0.3) is 0 Å². The van der Waals surface area contributed by atoms with Gasteiger partial charge >= 0.3 is 0 Å². The molecule has 1 aromatic carbocycles. The van der Waals surface area contributed by atoms with Crippen LogP contribution >= 0.6 is 0 Å². The molecular weight excluding hydrogens is 471 g/mol. The number of benzene rings is 1. The van der Waals surface area contributed by atoms with Crippen LogP contribution in [0.25, 0.3) is 11.5 Å². The topological polar surface area (TPSA) is 118 Å². The Kier molecular flexibility index (Phi) is 7.09. The average molecular weight is 503 g/mol. The molecule has 2 N–H and O–H groups in total. The monoisotopic (exact) mass is 502 g/mol. The van der Waals surface area contributed by atoms with E-state index in [9.17, 15) is 12.8 Å². The minimum atomic E-state index is -3.52. The van der Waals surface area contributed by atoms with Gasteiger partial charge in [0.2, 0.25) is 21.8 Å². The molecule has 0 radical (unpaired) electrons. The van der Waals surface area contributed by atoms with Gasteiger partial charge in [-0.05, 0) is 61.4 Å². The third kappa shape index (κ3) is 5.79. The number of pyridine rings is 1. The summed E-state index contributed by atoms with van der Waals surface area (Å²) in [5, 5.41) is 8.27. The van der Waals surface area contributed by atoms with Gasteiger partial charge in [-0.3, -0.25) is 4.31 Å². The number of aromatic nitrogens is 3. The summed E-state index contributed by atoms with van der Waals surface area (Å²) in [7, 11) is -0.0998. The molecule has 9 nitrogen and oxygen atoms in total. The molecule has 188 valence electrons. The normalized spacial score (nSPS) is 18.3. The Morgan fingerprint density at radius 3 is 2.46 bits per heavy atom. The van der Waals surface area contributed by atoms with Crippen LogP contribution in [0.2, 0.25) is 0 Å². The van der Waals surface area contributed by atoms with E-state index < -0.39 is 16.1 Å². The maximum atomic E-state index is 13.2. The standard InChI is InChI=1S/C24H31FN6O3S/c1-5-35(32,33)31(4)22-13-17(12-21(27-22)30(3)14-18-10-15(18)2)23-28-29-24(34-23)20(26)11-16-6-8-19(25)9-7-16/h6-9,12-13,15,18,20H,5,10-11,14,26H2,1-4H3. The Hall–Kier alpha value is -3.05. The molecule has 1 fully saturated rings. The number of nitrogens with zero attached hydrogens (tertiary/aromatic N) is 5. The quantitative estimate of drug-likeness (QED) is 0.448. The van der Waals surface area contributed by atoms with E-state index in [0.717, 1.165) is 12.1 Å². The van der Waals surface area contributed by atoms with Crippen molar-refractivity contribution in [1.29, 1.82) is 0 Å². The van der Waals surface area contributed by atoms with Crippen molar-refractivity contribution in [3.63, 3.8) is 0 Å². The lowest BCUT2D eigenvalue weighted by Crippen LogP contribution is -2.30. The van der Waals surface area contributed by atoms with Crippen molar-refractivity contribution in [2.24, 2.45) is 17.6 Å². The highest BCUT2D eigenvalue weighted by Gasteiger charge is 2.34. The van der Waals surface area contributed by atoms with Crippen LogP contribution in [0.4, 0.5) is 16.0 Å². The Morgan fingerprint density at radius 1 is 1.17 bits per heavy atom. The van der Waals surface area contributed by atoms with Crippen molar-refractivity contribution >= 4 is 21.7 Å². The van der Waals surface area contributed by atoms with Crippen molar-refractivity contribution in [3.8, 4) is 11.5 Å². The van der Waals surface area contributed by atoms with Gasteiger partial charge in [0, 0.05) is 26.2 Å². The second-order valence-corrected chi connectivity index (χ2v) is 11.5. The lowest BCUT2D eigenvalue weighted by molar-refractivity contribution is 0.457. The van der Waals surface area contributed by atoms with Gasteiger partial charge in [0.1, 0.15) is 17.5 Å². The van der Waals surface area contributed by atoms with Crippen LogP contribution in [0, 0.1) is 17.7 Å². The molecule has 3 unspecified atom stereocenters. The predicted molar refractivity (Wildman–Crippen MR) is 133 cm³/mol. The highest BCUT2D eigenvalue weighted by molar-refractivity contribution is 7.92. The Labute approximate surface area is 205 Å². The molecule has 0 spiro atoms. The van der Waals surface area contributed by atoms with Gasteiger partial charge < -0.3 is 15.1 Å². The van der Waals surface area contributed by atoms with Crippen molar-refractivity contribution in [3.05, 3.63) is 53.7 Å². The van der Waals surface area contributed by atoms with E-state index in [1.807, 2.05) is 18.0 Å². The molecule has 0 saturated heterocycles. The minimum absolute atomic E-state index is 0.0525. The summed E-state index contributed by atoms with van der Waals surface area (Å²) in [5.74, 6) is 2.23. The first-order valence-corrected chi connectivity index (χ1v) is 13.2. The number of hydrogen-bond acceptors (Lipinski definition) is 8. The van der Waals surface area contributed by atoms with E-state index in [0.29, 0.717) is 29.6 Å². The largest absolute Gasteiger partial charge is 0.419 e. The third-order valence-electron chi connectivity index (χ3n) is 6.45. The average Bonchev–Trinajstić information content (AvgIpc) is 3.32. The number of hydrogen-bond donors (Lipinski definition) is 1. The first kappa shape index (κ1) is 25.1. The fourth-order valence-corrected chi connectivity index (χ4v) is 4.65. The van der Waals surface area contributed by atoms with Gasteiger partial charge in [-0.15, -0.1) is 10.2 Å². The molecule has 11 heteroatoms. The van der Waals surface area contributed by atoms with E-state index in [2.05, 4.69) is 22.1 Å². The third-order valence-corrected chi connectivity index (χ3v) is 8.20. The maximum Gasteiger partial charge on any atom is 0.248 e. The summed E-state index contributed by atoms with van der Waals surface area (Å²) < 4.78 is 45.3. The second kappa shape index (κ2) is 9.90. The number of halogens is 1. The molecule has 1 aliphatic carbocycles. The van der Waals surface area contributed by atoms with Crippen molar-refractivity contribution in [1.82, 2.24) is 15.2 Å². The summed E-state index contributed by atoms with van der Waals surface area (Å²) in [6.07, 6.45) is 1.56. The molecule has 0 bridgehead atoms. The highest BCUT2D eigenvalue weighted by Crippen LogP contribution is 2.39. The van der Waals surface area contributed by atoms with Crippen molar-refractivity contribution in [2.75, 3.05) is 35.6 Å². The lowest BCUT2D eigenvalue weighted by Gasteiger charge is -2.23. The van der Waals surface area contributed by atoms with Crippen LogP contribution in [0.15, 0.2) is 40.8 Å². The zero-order valence-electron chi connectivity index (χ0n) is 20.3. The van der Waals surface area contributed by atoms with Crippen LogP contribution < -0.4 is 14.9 Å². The zero-order chi connectivity index (χ0) is 25.3. The number of anilines is 2. The number of nitrogens with two attached hydrogens (primary N) is 1. The van der Waals surface area contributed by atoms with E-state index in [-0.39, 0.29) is 29.2 Å². The summed E-state index contributed by atoms with van der Waals surface area (Å²) in [6.45, 7) is 4.62. The van der Waals surface area contributed by atoms with Crippen molar-refractivity contribution < 1.29 is 17.2 Å². The smallest absolute Gasteiger partial charge is 0.248 e. The number of sulfonamides is 1. The molecule has 0 amide bonds. The molecule has 0 aliphatic heterocycles. The molecule has 35 heavy (non-hydrogen) atoms. The van der Waals surface area contributed by atoms with E-state index in [1.165, 1.54) is 29.9 Å². The number of rotatable bonds is 10. The highest BCUT2D eigenvalue weighted by atomic mass is 32.2. The molecule has 1 aliphatic rings. The zero-order valence-corrected chi connectivity index (χ0v) is 21.2. The minimum Gasteiger partial charge on any atom is -0.419 e. The van der Waals surface area contributed by atoms with Gasteiger partial charge in [-0.1, -0.05) is 19.1 Å². The molecule has 4 rings (SSSR count). The summed E-state index contributed by atoms with van der Waals surface area (Å²) >= 11 is 0. The Bertz CT molecular complexity index is 1280. The van der Waals surface area contributed by atoms with E-state index >= 15 is 0 Å². The summed E-state index contributed by atoms with van der Waals surface area (Å²) in [6, 6.07) is 8.92. The maximum absolute atomic E-state index is 13.2.